The largest absolute Gasteiger partial charge is 0.498 e. The lowest BCUT2D eigenvalue weighted by atomic mass is 10.1. The summed E-state index contributed by atoms with van der Waals surface area (Å²) in [7, 11) is 0. The van der Waals surface area contributed by atoms with Crippen molar-refractivity contribution in [2.75, 3.05) is 6.61 Å². The summed E-state index contributed by atoms with van der Waals surface area (Å²) in [6.45, 7) is 5.30. The maximum absolute atomic E-state index is 8.73. The van der Waals surface area contributed by atoms with Crippen molar-refractivity contribution in [2.24, 2.45) is 0 Å². The molecule has 1 heterocycles. The van der Waals surface area contributed by atoms with Crippen molar-refractivity contribution in [3.05, 3.63) is 96.1 Å². The molecule has 0 aliphatic rings. The standard InChI is InChI=1S/C28H29NO5S/c1-3-24(31-4-2)20-28-29(18-17-27(35-34-33-30)22-13-9-6-10-14-22)25-19-23(15-16-26(25)32-28)21-11-7-5-8-12-21/h5-16,19-20,27H,3-4,17-18H2,1-2H3/p+1. The fourth-order valence-electron chi connectivity index (χ4n) is 4.07. The first-order valence-corrected chi connectivity index (χ1v) is 12.6. The number of aryl methyl sites for hydroxylation is 1. The zero-order valence-corrected chi connectivity index (χ0v) is 20.7. The van der Waals surface area contributed by atoms with Crippen LogP contribution in [0.5, 0.6) is 0 Å². The van der Waals surface area contributed by atoms with Gasteiger partial charge in [0.15, 0.2) is 6.54 Å². The van der Waals surface area contributed by atoms with Gasteiger partial charge >= 0.3 is 5.89 Å². The second-order valence-corrected chi connectivity index (χ2v) is 8.86. The molecule has 1 aromatic heterocycles. The highest BCUT2D eigenvalue weighted by Crippen LogP contribution is 2.33. The van der Waals surface area contributed by atoms with Crippen molar-refractivity contribution in [3.8, 4) is 11.1 Å². The fraction of sp³-hybridized carbons (Fsp3) is 0.250. The smallest absolute Gasteiger partial charge is 0.377 e. The Hall–Kier alpha value is -3.10. The summed E-state index contributed by atoms with van der Waals surface area (Å²) in [6, 6.07) is 26.6. The van der Waals surface area contributed by atoms with Gasteiger partial charge in [0.1, 0.15) is 5.76 Å². The maximum Gasteiger partial charge on any atom is 0.377 e. The van der Waals surface area contributed by atoms with Gasteiger partial charge in [-0.2, -0.15) is 4.57 Å². The predicted octanol–water partition coefficient (Wildman–Crippen LogP) is 7.38. The minimum absolute atomic E-state index is 0.0625. The Labute approximate surface area is 209 Å². The first-order valence-electron chi connectivity index (χ1n) is 11.8. The molecule has 35 heavy (non-hydrogen) atoms. The Morgan fingerprint density at radius 1 is 1.00 bits per heavy atom. The van der Waals surface area contributed by atoms with Crippen molar-refractivity contribution in [1.29, 1.82) is 0 Å². The fourth-order valence-corrected chi connectivity index (χ4v) is 4.67. The van der Waals surface area contributed by atoms with Gasteiger partial charge in [-0.25, -0.2) is 5.26 Å². The molecule has 7 heteroatoms. The molecule has 0 aliphatic heterocycles. The normalized spacial score (nSPS) is 12.7. The Bertz CT molecular complexity index is 1240. The molecule has 0 fully saturated rings. The van der Waals surface area contributed by atoms with Crippen LogP contribution < -0.4 is 4.57 Å². The Morgan fingerprint density at radius 2 is 1.74 bits per heavy atom. The van der Waals surface area contributed by atoms with Gasteiger partial charge in [0.2, 0.25) is 5.58 Å². The lowest BCUT2D eigenvalue weighted by Crippen LogP contribution is -2.36. The van der Waals surface area contributed by atoms with Gasteiger partial charge in [-0.15, -0.1) is 4.33 Å². The number of oxazole rings is 1. The van der Waals surface area contributed by atoms with Crippen LogP contribution in [-0.2, 0) is 20.7 Å². The van der Waals surface area contributed by atoms with Crippen molar-refractivity contribution in [3.63, 3.8) is 0 Å². The molecule has 1 atom stereocenters. The summed E-state index contributed by atoms with van der Waals surface area (Å²) >= 11 is 1.08. The van der Waals surface area contributed by atoms with Crippen LogP contribution in [0.1, 0.15) is 43.4 Å². The molecule has 1 N–H and O–H groups in total. The monoisotopic (exact) mass is 492 g/mol. The zero-order valence-electron chi connectivity index (χ0n) is 19.9. The van der Waals surface area contributed by atoms with Crippen LogP contribution in [0.25, 0.3) is 28.3 Å². The van der Waals surface area contributed by atoms with E-state index in [1.165, 1.54) is 0 Å². The molecule has 0 spiro atoms. The van der Waals surface area contributed by atoms with Gasteiger partial charge < -0.3 is 9.15 Å². The summed E-state index contributed by atoms with van der Waals surface area (Å²) in [5.41, 5.74) is 5.15. The number of nitrogens with zero attached hydrogens (tertiary/aromatic N) is 1. The topological polar surface area (TPSA) is 64.9 Å². The highest BCUT2D eigenvalue weighted by molar-refractivity contribution is 7.94. The third kappa shape index (κ3) is 6.32. The Kier molecular flexibility index (Phi) is 8.97. The van der Waals surface area contributed by atoms with Crippen molar-refractivity contribution in [1.82, 2.24) is 0 Å². The lowest BCUT2D eigenvalue weighted by Gasteiger charge is -2.12. The van der Waals surface area contributed by atoms with E-state index >= 15 is 0 Å². The van der Waals surface area contributed by atoms with Gasteiger partial charge in [-0.1, -0.05) is 78.7 Å². The van der Waals surface area contributed by atoms with Crippen LogP contribution in [0, 0.1) is 0 Å². The molecule has 3 aromatic carbocycles. The van der Waals surface area contributed by atoms with Gasteiger partial charge in [0.05, 0.1) is 17.9 Å². The quantitative estimate of drug-likeness (QED) is 0.0732. The molecule has 0 bridgehead atoms. The van der Waals surface area contributed by atoms with Crippen molar-refractivity contribution in [2.45, 2.75) is 38.5 Å². The molecular weight excluding hydrogens is 462 g/mol. The van der Waals surface area contributed by atoms with Crippen LogP contribution in [0.2, 0.25) is 0 Å². The highest BCUT2D eigenvalue weighted by Gasteiger charge is 2.25. The molecule has 0 amide bonds. The number of benzene rings is 3. The van der Waals surface area contributed by atoms with Crippen LogP contribution in [-0.4, -0.2) is 11.9 Å². The van der Waals surface area contributed by atoms with Crippen molar-refractivity contribution < 1.29 is 28.4 Å². The molecule has 0 aliphatic carbocycles. The van der Waals surface area contributed by atoms with Gasteiger partial charge in [0.25, 0.3) is 5.52 Å². The molecule has 6 nitrogen and oxygen atoms in total. The molecule has 0 saturated heterocycles. The first-order chi connectivity index (χ1) is 17.2. The highest BCUT2D eigenvalue weighted by atomic mass is 32.2. The molecule has 0 saturated carbocycles. The van der Waals surface area contributed by atoms with E-state index < -0.39 is 0 Å². The zero-order chi connectivity index (χ0) is 24.5. The average Bonchev–Trinajstić information content (AvgIpc) is 3.25. The van der Waals surface area contributed by atoms with E-state index in [0.29, 0.717) is 19.6 Å². The molecule has 4 aromatic rings. The van der Waals surface area contributed by atoms with Gasteiger partial charge in [-0.05, 0) is 29.7 Å². The summed E-state index contributed by atoms with van der Waals surface area (Å²) in [5, 5.41) is 12.6. The summed E-state index contributed by atoms with van der Waals surface area (Å²) in [4.78, 5) is 0. The third-order valence-corrected chi connectivity index (χ3v) is 6.65. The van der Waals surface area contributed by atoms with Crippen molar-refractivity contribution >= 4 is 29.2 Å². The van der Waals surface area contributed by atoms with E-state index in [9.17, 15) is 0 Å². The number of aromatic nitrogens is 1. The minimum atomic E-state index is -0.0625. The predicted molar refractivity (Wildman–Crippen MR) is 138 cm³/mol. The molecular formula is C28H30NO5S+. The van der Waals surface area contributed by atoms with Crippen LogP contribution >= 0.6 is 12.0 Å². The SMILES string of the molecule is CCOC(=Cc1oc2ccc(-c3ccccc3)cc2[n+]1CCC(SOOO)c1ccccc1)CC. The minimum Gasteiger partial charge on any atom is -0.498 e. The molecule has 1 unspecified atom stereocenters. The second-order valence-electron chi connectivity index (χ2n) is 7.96. The van der Waals surface area contributed by atoms with Crippen LogP contribution in [0.15, 0.2) is 89.0 Å². The Morgan fingerprint density at radius 3 is 2.43 bits per heavy atom. The Balaban J connectivity index is 1.73. The molecule has 0 radical (unpaired) electrons. The first kappa shape index (κ1) is 25.0. The number of hydrogen-bond donors (Lipinski definition) is 1. The number of ether oxygens (including phenoxy) is 1. The maximum atomic E-state index is 8.73. The average molecular weight is 493 g/mol. The number of rotatable bonds is 12. The third-order valence-electron chi connectivity index (χ3n) is 5.77. The summed E-state index contributed by atoms with van der Waals surface area (Å²) in [6.07, 6.45) is 3.46. The van der Waals surface area contributed by atoms with E-state index in [4.69, 9.17) is 18.7 Å². The lowest BCUT2D eigenvalue weighted by molar-refractivity contribution is -0.678. The van der Waals surface area contributed by atoms with Gasteiger partial charge in [-0.3, -0.25) is 0 Å². The second kappa shape index (κ2) is 12.6. The number of hydrogen-bond acceptors (Lipinski definition) is 6. The number of fused-ring (bicyclic) bond motifs is 1. The van der Waals surface area contributed by atoms with Crippen LogP contribution in [0.3, 0.4) is 0 Å². The van der Waals surface area contributed by atoms with E-state index in [0.717, 1.165) is 57.9 Å². The van der Waals surface area contributed by atoms with E-state index in [-0.39, 0.29) is 5.25 Å². The molecule has 4 rings (SSSR count). The van der Waals surface area contributed by atoms with E-state index in [2.05, 4.69) is 40.8 Å². The van der Waals surface area contributed by atoms with Gasteiger partial charge in [0, 0.05) is 31.0 Å². The summed E-state index contributed by atoms with van der Waals surface area (Å²) < 4.78 is 19.1. The summed E-state index contributed by atoms with van der Waals surface area (Å²) in [5.74, 6) is 1.60. The van der Waals surface area contributed by atoms with Crippen LogP contribution in [0.4, 0.5) is 0 Å². The number of allylic oxidation sites excluding steroid dienone is 1. The molecule has 182 valence electrons. The van der Waals surface area contributed by atoms with E-state index in [1.54, 1.807) is 0 Å². The van der Waals surface area contributed by atoms with E-state index in [1.807, 2.05) is 67.6 Å².